The van der Waals surface area contributed by atoms with E-state index >= 15 is 0 Å². The molecule has 1 aliphatic heterocycles. The van der Waals surface area contributed by atoms with E-state index in [1.165, 1.54) is 6.33 Å². The van der Waals surface area contributed by atoms with E-state index in [-0.39, 0.29) is 17.7 Å². The predicted octanol–water partition coefficient (Wildman–Crippen LogP) is 4.54. The van der Waals surface area contributed by atoms with E-state index < -0.39 is 0 Å². The average molecular weight is 485 g/mol. The molecule has 2 aliphatic rings. The maximum atomic E-state index is 13.0. The number of carbonyl (C=O) groups is 2. The Hall–Kier alpha value is -3.94. The summed E-state index contributed by atoms with van der Waals surface area (Å²) in [6.45, 7) is 6.66. The molecule has 186 valence electrons. The minimum absolute atomic E-state index is 0.181. The first-order valence-electron chi connectivity index (χ1n) is 12.5. The monoisotopic (exact) mass is 484 g/mol. The van der Waals surface area contributed by atoms with Crippen LogP contribution in [0.25, 0.3) is 27.9 Å². The van der Waals surface area contributed by atoms with Gasteiger partial charge >= 0.3 is 0 Å². The number of nitrogens with zero attached hydrogens (tertiary/aromatic N) is 4. The van der Waals surface area contributed by atoms with Crippen molar-refractivity contribution in [1.29, 1.82) is 0 Å². The zero-order valence-electron chi connectivity index (χ0n) is 20.9. The third-order valence-electron chi connectivity index (χ3n) is 7.35. The van der Waals surface area contributed by atoms with Crippen LogP contribution in [0, 0.1) is 5.92 Å². The van der Waals surface area contributed by atoms with Crippen LogP contribution < -0.4 is 11.1 Å². The van der Waals surface area contributed by atoms with Crippen LogP contribution in [-0.4, -0.2) is 44.3 Å². The van der Waals surface area contributed by atoms with Crippen LogP contribution in [-0.2, 0) is 16.6 Å². The smallest absolute Gasteiger partial charge is 0.250 e. The second kappa shape index (κ2) is 9.60. The molecule has 2 amide bonds. The summed E-state index contributed by atoms with van der Waals surface area (Å²) in [5.41, 5.74) is 12.4. The summed E-state index contributed by atoms with van der Waals surface area (Å²) in [4.78, 5) is 35.8. The molecule has 36 heavy (non-hydrogen) atoms. The Morgan fingerprint density at radius 1 is 1.14 bits per heavy atom. The lowest BCUT2D eigenvalue weighted by Crippen LogP contribution is -2.38. The van der Waals surface area contributed by atoms with Gasteiger partial charge in [0.15, 0.2) is 0 Å². The molecule has 8 heteroatoms. The highest BCUT2D eigenvalue weighted by Gasteiger charge is 2.30. The third-order valence-corrected chi connectivity index (χ3v) is 7.35. The molecule has 0 radical (unpaired) electrons. The largest absolute Gasteiger partial charge is 0.383 e. The molecule has 1 saturated carbocycles. The molecule has 2 aromatic heterocycles. The summed E-state index contributed by atoms with van der Waals surface area (Å²) in [7, 11) is 1.98. The van der Waals surface area contributed by atoms with Crippen LogP contribution in [0.2, 0.25) is 0 Å². The molecule has 0 spiro atoms. The van der Waals surface area contributed by atoms with Crippen molar-refractivity contribution in [2.24, 2.45) is 13.0 Å². The minimum Gasteiger partial charge on any atom is -0.383 e. The molecule has 0 bridgehead atoms. The Bertz CT molecular complexity index is 1380. The second-order valence-corrected chi connectivity index (χ2v) is 9.80. The van der Waals surface area contributed by atoms with Gasteiger partial charge in [0, 0.05) is 42.9 Å². The quantitative estimate of drug-likeness (QED) is 0.517. The number of carbonyl (C=O) groups excluding carboxylic acids is 2. The van der Waals surface area contributed by atoms with Crippen LogP contribution in [0.3, 0.4) is 0 Å². The Morgan fingerprint density at radius 2 is 1.86 bits per heavy atom. The van der Waals surface area contributed by atoms with E-state index in [9.17, 15) is 9.59 Å². The van der Waals surface area contributed by atoms with Crippen molar-refractivity contribution < 1.29 is 9.59 Å². The first-order chi connectivity index (χ1) is 17.3. The highest BCUT2D eigenvalue weighted by Crippen LogP contribution is 2.41. The molecule has 3 N–H and O–H groups in total. The highest BCUT2D eigenvalue weighted by atomic mass is 16.2. The number of amides is 2. The van der Waals surface area contributed by atoms with Crippen molar-refractivity contribution in [3.63, 3.8) is 0 Å². The van der Waals surface area contributed by atoms with Crippen LogP contribution in [0.15, 0.2) is 48.8 Å². The fourth-order valence-corrected chi connectivity index (χ4v) is 5.40. The lowest BCUT2D eigenvalue weighted by Gasteiger charge is -2.29. The van der Waals surface area contributed by atoms with Gasteiger partial charge in [0.1, 0.15) is 17.8 Å². The lowest BCUT2D eigenvalue weighted by molar-refractivity contribution is -0.134. The maximum Gasteiger partial charge on any atom is 0.250 e. The number of fused-ring (bicyclic) bond motifs is 1. The number of anilines is 2. The zero-order chi connectivity index (χ0) is 25.4. The number of nitrogen functional groups attached to an aromatic ring is 1. The molecular formula is C28H32N6O2. The molecule has 1 aliphatic carbocycles. The average Bonchev–Trinajstić information content (AvgIpc) is 3.52. The van der Waals surface area contributed by atoms with Gasteiger partial charge in [-0.05, 0) is 49.5 Å². The van der Waals surface area contributed by atoms with Gasteiger partial charge in [0.05, 0.1) is 11.1 Å². The first-order valence-corrected chi connectivity index (χ1v) is 12.5. The standard InChI is InChI=1S/C28H32N6O2/c1-17(2)27(35)32-21-10-8-19(9-11-21)24-22(23-25(29)30-16-31-26(23)33(24)3)18-12-14-34(15-13-18)28(36)20-6-4-5-7-20/h8-12,16,20H,1,4-7,13-15H2,2-3H3,(H,32,35)(H2,29,30,31). The van der Waals surface area contributed by atoms with Gasteiger partial charge in [-0.15, -0.1) is 0 Å². The van der Waals surface area contributed by atoms with Crippen LogP contribution >= 0.6 is 0 Å². The second-order valence-electron chi connectivity index (χ2n) is 9.80. The van der Waals surface area contributed by atoms with Crippen molar-refractivity contribution in [3.05, 3.63) is 54.4 Å². The SMILES string of the molecule is C=C(C)C(=O)Nc1ccc(-c2c(C3=CCN(C(=O)C4CCCC4)CC3)c3c(N)ncnc3n2C)cc1. The summed E-state index contributed by atoms with van der Waals surface area (Å²) in [6, 6.07) is 7.72. The molecule has 0 unspecified atom stereocenters. The van der Waals surface area contributed by atoms with Gasteiger partial charge in [0.25, 0.3) is 5.91 Å². The summed E-state index contributed by atoms with van der Waals surface area (Å²) in [5.74, 6) is 0.699. The van der Waals surface area contributed by atoms with Gasteiger partial charge in [-0.25, -0.2) is 9.97 Å². The van der Waals surface area contributed by atoms with Crippen LogP contribution in [0.5, 0.6) is 0 Å². The lowest BCUT2D eigenvalue weighted by atomic mass is 9.93. The number of aryl methyl sites for hydroxylation is 1. The molecule has 1 fully saturated rings. The van der Waals surface area contributed by atoms with Crippen molar-refractivity contribution >= 4 is 39.9 Å². The Morgan fingerprint density at radius 3 is 2.50 bits per heavy atom. The van der Waals surface area contributed by atoms with E-state index in [4.69, 9.17) is 5.73 Å². The molecule has 3 aromatic rings. The number of hydrogen-bond acceptors (Lipinski definition) is 5. The maximum absolute atomic E-state index is 13.0. The summed E-state index contributed by atoms with van der Waals surface area (Å²) in [5, 5.41) is 3.68. The van der Waals surface area contributed by atoms with Gasteiger partial charge in [0.2, 0.25) is 5.91 Å². The minimum atomic E-state index is -0.208. The van der Waals surface area contributed by atoms with Crippen LogP contribution in [0.4, 0.5) is 11.5 Å². The van der Waals surface area contributed by atoms with E-state index in [2.05, 4.69) is 27.9 Å². The van der Waals surface area contributed by atoms with Crippen molar-refractivity contribution in [2.75, 3.05) is 24.1 Å². The zero-order valence-corrected chi connectivity index (χ0v) is 20.9. The van der Waals surface area contributed by atoms with E-state index in [0.717, 1.165) is 65.5 Å². The number of benzene rings is 1. The number of aromatic nitrogens is 3. The Kier molecular flexibility index (Phi) is 6.35. The molecule has 8 nitrogen and oxygen atoms in total. The molecular weight excluding hydrogens is 452 g/mol. The fourth-order valence-electron chi connectivity index (χ4n) is 5.40. The molecule has 1 aromatic carbocycles. The van der Waals surface area contributed by atoms with Gasteiger partial charge < -0.3 is 20.5 Å². The molecule has 5 rings (SSSR count). The van der Waals surface area contributed by atoms with Gasteiger partial charge in [-0.2, -0.15) is 0 Å². The number of rotatable bonds is 5. The van der Waals surface area contributed by atoms with Gasteiger partial charge in [-0.1, -0.05) is 37.6 Å². The van der Waals surface area contributed by atoms with Crippen molar-refractivity contribution in [2.45, 2.75) is 39.0 Å². The Balaban J connectivity index is 1.53. The number of hydrogen-bond donors (Lipinski definition) is 2. The summed E-state index contributed by atoms with van der Waals surface area (Å²) >= 11 is 0. The van der Waals surface area contributed by atoms with Crippen molar-refractivity contribution in [3.8, 4) is 11.3 Å². The Labute approximate surface area is 210 Å². The van der Waals surface area contributed by atoms with Crippen LogP contribution in [0.1, 0.15) is 44.6 Å². The summed E-state index contributed by atoms with van der Waals surface area (Å²) in [6.07, 6.45) is 8.71. The highest BCUT2D eigenvalue weighted by molar-refractivity contribution is 6.05. The predicted molar refractivity (Wildman–Crippen MR) is 143 cm³/mol. The van der Waals surface area contributed by atoms with Gasteiger partial charge in [-0.3, -0.25) is 9.59 Å². The molecule has 3 heterocycles. The topological polar surface area (TPSA) is 106 Å². The first kappa shape index (κ1) is 23.8. The van der Waals surface area contributed by atoms with E-state index in [0.29, 0.717) is 30.2 Å². The van der Waals surface area contributed by atoms with Crippen molar-refractivity contribution in [1.82, 2.24) is 19.4 Å². The number of nitrogens with one attached hydrogen (secondary N) is 1. The van der Waals surface area contributed by atoms with E-state index in [1.54, 1.807) is 6.92 Å². The molecule has 0 atom stereocenters. The number of nitrogens with two attached hydrogens (primary N) is 1. The fraction of sp³-hybridized carbons (Fsp3) is 0.357. The molecule has 0 saturated heterocycles. The van der Waals surface area contributed by atoms with E-state index in [1.807, 2.05) is 40.8 Å². The summed E-state index contributed by atoms with van der Waals surface area (Å²) < 4.78 is 2.04. The third kappa shape index (κ3) is 4.27. The normalized spacial score (nSPS) is 16.3.